The second kappa shape index (κ2) is 16.6. The smallest absolute Gasteiger partial charge is 0.330 e. The molecule has 0 spiro atoms. The molecule has 11 nitrogen and oxygen atoms in total. The van der Waals surface area contributed by atoms with Crippen LogP contribution in [0.5, 0.6) is 5.75 Å². The third kappa shape index (κ3) is 9.91. The minimum absolute atomic E-state index is 0. The molecule has 0 saturated carbocycles. The number of aryl methyl sites for hydroxylation is 1. The fourth-order valence-electron chi connectivity index (χ4n) is 3.91. The van der Waals surface area contributed by atoms with Gasteiger partial charge in [0.15, 0.2) is 11.6 Å². The Balaban J connectivity index is 0.00000675. The lowest BCUT2D eigenvalue weighted by Crippen LogP contribution is -2.50. The maximum absolute atomic E-state index is 14.0. The molecule has 14 heteroatoms. The highest BCUT2D eigenvalue weighted by Crippen LogP contribution is 2.27. The number of aliphatic carboxylic acids is 1. The number of halogens is 2. The van der Waals surface area contributed by atoms with Crippen molar-refractivity contribution >= 4 is 46.9 Å². The average molecular weight is 649 g/mol. The molecule has 0 radical (unpaired) electrons. The predicted molar refractivity (Wildman–Crippen MR) is 165 cm³/mol. The molecular formula is C30H34ClFN4O7S. The monoisotopic (exact) mass is 648 g/mol. The van der Waals surface area contributed by atoms with Crippen LogP contribution in [0.25, 0.3) is 11.5 Å². The quantitative estimate of drug-likeness (QED) is 0.208. The van der Waals surface area contributed by atoms with Gasteiger partial charge in [-0.15, -0.1) is 11.8 Å². The molecule has 0 aliphatic heterocycles. The standard InChI is InChI=1S/C29H30ClFN4O7S.CH4/c1-15(2)27(34-25(37)11-18-10-17(8-9-24(18)41-4)29-32-16(3)35-42-29)28(40)33-22(12-26(38)39)23(36)14-43-13-19-20(30)6-5-7-21(19)31;/h5-10,12,15,27H,11,13-14H2,1-4H3,(H,33,40)(H,34,37)(H,38,39);1H4/b22-12+;/t27-;/m0./s1. The molecule has 0 saturated heterocycles. The zero-order valence-electron chi connectivity index (χ0n) is 23.8. The molecule has 236 valence electrons. The van der Waals surface area contributed by atoms with Gasteiger partial charge in [0.05, 0.1) is 31.1 Å². The molecule has 3 rings (SSSR count). The summed E-state index contributed by atoms with van der Waals surface area (Å²) in [4.78, 5) is 54.7. The Morgan fingerprint density at radius 3 is 2.52 bits per heavy atom. The van der Waals surface area contributed by atoms with E-state index < -0.39 is 47.0 Å². The number of allylic oxidation sites excluding steroid dienone is 1. The van der Waals surface area contributed by atoms with E-state index in [9.17, 15) is 28.7 Å². The van der Waals surface area contributed by atoms with Crippen molar-refractivity contribution in [1.29, 1.82) is 0 Å². The van der Waals surface area contributed by atoms with Crippen LogP contribution in [-0.4, -0.2) is 57.7 Å². The zero-order chi connectivity index (χ0) is 31.7. The number of nitrogens with zero attached hydrogens (tertiary/aromatic N) is 2. The van der Waals surface area contributed by atoms with Gasteiger partial charge in [-0.1, -0.05) is 44.1 Å². The first-order valence-corrected chi connectivity index (χ1v) is 14.5. The molecule has 3 aromatic rings. The third-order valence-corrected chi connectivity index (χ3v) is 7.35. The van der Waals surface area contributed by atoms with E-state index in [2.05, 4.69) is 20.8 Å². The molecule has 0 bridgehead atoms. The van der Waals surface area contributed by atoms with Crippen LogP contribution in [0, 0.1) is 18.7 Å². The molecular weight excluding hydrogens is 615 g/mol. The maximum atomic E-state index is 14.0. The van der Waals surface area contributed by atoms with Crippen molar-refractivity contribution in [2.75, 3.05) is 12.9 Å². The normalized spacial score (nSPS) is 11.8. The molecule has 1 heterocycles. The summed E-state index contributed by atoms with van der Waals surface area (Å²) in [7, 11) is 1.45. The summed E-state index contributed by atoms with van der Waals surface area (Å²) in [6.45, 7) is 5.04. The highest BCUT2D eigenvalue weighted by Gasteiger charge is 2.27. The van der Waals surface area contributed by atoms with Gasteiger partial charge >= 0.3 is 5.97 Å². The third-order valence-electron chi connectivity index (χ3n) is 6.04. The Bertz CT molecular complexity index is 1520. The summed E-state index contributed by atoms with van der Waals surface area (Å²) >= 11 is 7.02. The van der Waals surface area contributed by atoms with Crippen molar-refractivity contribution in [3.63, 3.8) is 0 Å². The second-order valence-corrected chi connectivity index (χ2v) is 11.0. The van der Waals surface area contributed by atoms with Crippen LogP contribution in [0.3, 0.4) is 0 Å². The molecule has 0 aliphatic rings. The maximum Gasteiger partial charge on any atom is 0.330 e. The molecule has 2 aromatic carbocycles. The molecule has 44 heavy (non-hydrogen) atoms. The molecule has 3 N–H and O–H groups in total. The van der Waals surface area contributed by atoms with Crippen LogP contribution in [0.1, 0.15) is 38.2 Å². The van der Waals surface area contributed by atoms with Crippen molar-refractivity contribution in [3.05, 3.63) is 76.0 Å². The highest BCUT2D eigenvalue weighted by atomic mass is 35.5. The van der Waals surface area contributed by atoms with E-state index in [-0.39, 0.29) is 41.8 Å². The number of carbonyl (C=O) groups excluding carboxylic acids is 3. The van der Waals surface area contributed by atoms with Crippen molar-refractivity contribution in [2.24, 2.45) is 5.92 Å². The van der Waals surface area contributed by atoms with Crippen LogP contribution >= 0.6 is 23.4 Å². The largest absolute Gasteiger partial charge is 0.496 e. The number of hydrogen-bond donors (Lipinski definition) is 3. The summed E-state index contributed by atoms with van der Waals surface area (Å²) in [5, 5.41) is 18.2. The van der Waals surface area contributed by atoms with E-state index in [1.807, 2.05) is 0 Å². The second-order valence-electron chi connectivity index (χ2n) is 9.64. The van der Waals surface area contributed by atoms with Crippen molar-refractivity contribution in [3.8, 4) is 17.2 Å². The van der Waals surface area contributed by atoms with Crippen LogP contribution in [0.15, 0.2) is 52.7 Å². The van der Waals surface area contributed by atoms with Crippen molar-refractivity contribution < 1.29 is 37.9 Å². The molecule has 0 aliphatic carbocycles. The van der Waals surface area contributed by atoms with E-state index in [0.29, 0.717) is 28.8 Å². The number of amides is 2. The van der Waals surface area contributed by atoms with Crippen LogP contribution in [-0.2, 0) is 31.4 Å². The van der Waals surface area contributed by atoms with Crippen LogP contribution in [0.2, 0.25) is 5.02 Å². The number of ketones is 1. The van der Waals surface area contributed by atoms with Gasteiger partial charge < -0.3 is 25.0 Å². The number of rotatable bonds is 14. The van der Waals surface area contributed by atoms with Gasteiger partial charge in [-0.05, 0) is 43.2 Å². The number of benzene rings is 2. The Labute approximate surface area is 263 Å². The number of carboxylic acids is 1. The number of nitrogens with one attached hydrogen (secondary N) is 2. The van der Waals surface area contributed by atoms with Gasteiger partial charge in [0, 0.05) is 27.5 Å². The van der Waals surface area contributed by atoms with Gasteiger partial charge in [-0.25, -0.2) is 9.18 Å². The minimum Gasteiger partial charge on any atom is -0.496 e. The first kappa shape index (κ1) is 36.0. The van der Waals surface area contributed by atoms with Gasteiger partial charge in [0.25, 0.3) is 5.89 Å². The Morgan fingerprint density at radius 1 is 1.20 bits per heavy atom. The summed E-state index contributed by atoms with van der Waals surface area (Å²) < 4.78 is 24.6. The van der Waals surface area contributed by atoms with Gasteiger partial charge in [0.2, 0.25) is 11.8 Å². The first-order chi connectivity index (χ1) is 20.4. The summed E-state index contributed by atoms with van der Waals surface area (Å²) in [5.41, 5.74) is 0.782. The van der Waals surface area contributed by atoms with Crippen LogP contribution < -0.4 is 15.4 Å². The Morgan fingerprint density at radius 2 is 1.93 bits per heavy atom. The average Bonchev–Trinajstić information content (AvgIpc) is 3.38. The van der Waals surface area contributed by atoms with E-state index >= 15 is 0 Å². The van der Waals surface area contributed by atoms with E-state index in [1.165, 1.54) is 25.3 Å². The van der Waals surface area contributed by atoms with Crippen molar-refractivity contribution in [1.82, 2.24) is 20.8 Å². The van der Waals surface area contributed by atoms with Crippen molar-refractivity contribution in [2.45, 2.75) is 46.4 Å². The predicted octanol–water partition coefficient (Wildman–Crippen LogP) is 4.75. The Hall–Kier alpha value is -4.23. The molecule has 0 unspecified atom stereocenters. The lowest BCUT2D eigenvalue weighted by atomic mass is 10.0. The summed E-state index contributed by atoms with van der Waals surface area (Å²) in [5.74, 6) is -3.54. The lowest BCUT2D eigenvalue weighted by Gasteiger charge is -2.22. The van der Waals surface area contributed by atoms with E-state index in [1.54, 1.807) is 39.0 Å². The SMILES string of the molecule is C.COc1ccc(-c2nc(C)no2)cc1CC(=O)N[C@H](C(=O)N/C(=C/C(=O)O)C(=O)CSCc1c(F)cccc1Cl)C(C)C. The van der Waals surface area contributed by atoms with Gasteiger partial charge in [-0.3, -0.25) is 14.4 Å². The van der Waals surface area contributed by atoms with E-state index in [4.69, 9.17) is 20.9 Å². The zero-order valence-corrected chi connectivity index (χ0v) is 25.3. The number of ether oxygens (including phenoxy) is 1. The Kier molecular flexibility index (Phi) is 13.5. The number of hydrogen-bond acceptors (Lipinski definition) is 9. The van der Waals surface area contributed by atoms with Crippen LogP contribution in [0.4, 0.5) is 4.39 Å². The molecule has 1 atom stereocenters. The molecule has 0 fully saturated rings. The molecule has 2 amide bonds. The van der Waals surface area contributed by atoms with Gasteiger partial charge in [0.1, 0.15) is 17.6 Å². The number of carboxylic acid groups (broad SMARTS) is 1. The number of Topliss-reactive ketones (excluding diaryl/α,β-unsaturated/α-hetero) is 1. The fourth-order valence-corrected chi connectivity index (χ4v) is 5.16. The topological polar surface area (TPSA) is 161 Å². The lowest BCUT2D eigenvalue weighted by molar-refractivity contribution is -0.132. The number of methoxy groups -OCH3 is 1. The first-order valence-electron chi connectivity index (χ1n) is 13.0. The van der Waals surface area contributed by atoms with Gasteiger partial charge in [-0.2, -0.15) is 4.98 Å². The van der Waals surface area contributed by atoms with E-state index in [0.717, 1.165) is 11.8 Å². The number of thioether (sulfide) groups is 1. The fraction of sp³-hybridized carbons (Fsp3) is 0.333. The summed E-state index contributed by atoms with van der Waals surface area (Å²) in [6.07, 6.45) is 0.401. The summed E-state index contributed by atoms with van der Waals surface area (Å²) in [6, 6.07) is 8.10. The number of carbonyl (C=O) groups is 4. The molecule has 1 aromatic heterocycles. The highest BCUT2D eigenvalue weighted by molar-refractivity contribution is 7.99. The minimum atomic E-state index is -1.46. The number of aromatic nitrogens is 2.